The molecule has 13 heavy (non-hydrogen) atoms. The predicted molar refractivity (Wildman–Crippen MR) is 50.3 cm³/mol. The Kier molecular flexibility index (Phi) is 1.94. The first-order valence-electron chi connectivity index (χ1n) is 3.75. The van der Waals surface area contributed by atoms with E-state index in [0.29, 0.717) is 0 Å². The average molecular weight is 193 g/mol. The molecule has 1 aromatic heterocycles. The number of carbonyl (C=O) groups excluding carboxylic acids is 1. The van der Waals surface area contributed by atoms with E-state index in [1.54, 1.807) is 0 Å². The summed E-state index contributed by atoms with van der Waals surface area (Å²) in [4.78, 5) is 10.6. The smallest absolute Gasteiger partial charge is 0.221 e. The van der Waals surface area contributed by atoms with Crippen molar-refractivity contribution in [3.63, 3.8) is 0 Å². The normalized spacial score (nSPS) is 10.5. The zero-order valence-electron chi connectivity index (χ0n) is 6.73. The van der Waals surface area contributed by atoms with Crippen LogP contribution in [0.25, 0.3) is 11.0 Å². The van der Waals surface area contributed by atoms with Crippen molar-refractivity contribution in [1.82, 2.24) is 8.75 Å². The monoisotopic (exact) mass is 193 g/mol. The summed E-state index contributed by atoms with van der Waals surface area (Å²) in [6, 6.07) is 5.52. The summed E-state index contributed by atoms with van der Waals surface area (Å²) >= 11 is 1.16. The topological polar surface area (TPSA) is 68.9 Å². The molecule has 2 rings (SSSR count). The molecule has 0 aliphatic heterocycles. The maximum absolute atomic E-state index is 10.6. The highest BCUT2D eigenvalue weighted by molar-refractivity contribution is 7.00. The van der Waals surface area contributed by atoms with Crippen LogP contribution in [0.15, 0.2) is 18.2 Å². The summed E-state index contributed by atoms with van der Waals surface area (Å²) in [5.74, 6) is -0.331. The van der Waals surface area contributed by atoms with Crippen molar-refractivity contribution in [2.75, 3.05) is 0 Å². The van der Waals surface area contributed by atoms with E-state index in [4.69, 9.17) is 5.73 Å². The zero-order chi connectivity index (χ0) is 9.26. The molecule has 2 aromatic rings. The molecule has 0 saturated heterocycles. The molecule has 0 aliphatic rings. The van der Waals surface area contributed by atoms with E-state index in [9.17, 15) is 4.79 Å². The van der Waals surface area contributed by atoms with E-state index in [0.717, 1.165) is 28.3 Å². The summed E-state index contributed by atoms with van der Waals surface area (Å²) < 4.78 is 8.12. The number of hydrogen-bond acceptors (Lipinski definition) is 4. The van der Waals surface area contributed by atoms with Gasteiger partial charge >= 0.3 is 0 Å². The molecule has 5 heteroatoms. The van der Waals surface area contributed by atoms with Gasteiger partial charge in [0.2, 0.25) is 5.91 Å². The second-order valence-electron chi connectivity index (χ2n) is 2.73. The molecule has 1 amide bonds. The third-order valence-electron chi connectivity index (χ3n) is 1.70. The highest BCUT2D eigenvalue weighted by atomic mass is 32.1. The lowest BCUT2D eigenvalue weighted by Crippen LogP contribution is -2.13. The number of rotatable bonds is 2. The molecule has 0 fully saturated rings. The SMILES string of the molecule is NC(=O)Cc1ccc2nsnc2c1. The molecule has 0 bridgehead atoms. The van der Waals surface area contributed by atoms with Crippen molar-refractivity contribution in [3.8, 4) is 0 Å². The predicted octanol–water partition coefficient (Wildman–Crippen LogP) is 0.719. The van der Waals surface area contributed by atoms with Gasteiger partial charge in [-0.3, -0.25) is 4.79 Å². The van der Waals surface area contributed by atoms with Crippen LogP contribution in [-0.2, 0) is 11.2 Å². The van der Waals surface area contributed by atoms with Crippen LogP contribution in [0.1, 0.15) is 5.56 Å². The number of nitrogens with zero attached hydrogens (tertiary/aromatic N) is 2. The second-order valence-corrected chi connectivity index (χ2v) is 3.26. The number of primary amides is 1. The van der Waals surface area contributed by atoms with E-state index < -0.39 is 0 Å². The molecule has 66 valence electrons. The Morgan fingerprint density at radius 1 is 1.38 bits per heavy atom. The first-order chi connectivity index (χ1) is 6.25. The quantitative estimate of drug-likeness (QED) is 0.764. The van der Waals surface area contributed by atoms with Gasteiger partial charge in [0.15, 0.2) is 0 Å². The maximum atomic E-state index is 10.6. The molecule has 0 aliphatic carbocycles. The van der Waals surface area contributed by atoms with E-state index in [-0.39, 0.29) is 12.3 Å². The largest absolute Gasteiger partial charge is 0.369 e. The molecule has 1 heterocycles. The molecule has 0 radical (unpaired) electrons. The van der Waals surface area contributed by atoms with Crippen LogP contribution in [0.4, 0.5) is 0 Å². The summed E-state index contributed by atoms with van der Waals surface area (Å²) in [6.45, 7) is 0. The highest BCUT2D eigenvalue weighted by Gasteiger charge is 2.02. The summed E-state index contributed by atoms with van der Waals surface area (Å²) in [5, 5.41) is 0. The molecule has 2 N–H and O–H groups in total. The number of hydrogen-bond donors (Lipinski definition) is 1. The molecule has 0 unspecified atom stereocenters. The number of benzene rings is 1. The van der Waals surface area contributed by atoms with Crippen molar-refractivity contribution < 1.29 is 4.79 Å². The Morgan fingerprint density at radius 2 is 2.15 bits per heavy atom. The van der Waals surface area contributed by atoms with Crippen LogP contribution in [0.5, 0.6) is 0 Å². The lowest BCUT2D eigenvalue weighted by Gasteiger charge is -1.95. The Labute approximate surface area is 78.7 Å². The first-order valence-corrected chi connectivity index (χ1v) is 4.48. The van der Waals surface area contributed by atoms with Crippen LogP contribution in [0.3, 0.4) is 0 Å². The average Bonchev–Trinajstić information content (AvgIpc) is 2.49. The van der Waals surface area contributed by atoms with Crippen LogP contribution < -0.4 is 5.73 Å². The Bertz CT molecular complexity index is 451. The van der Waals surface area contributed by atoms with E-state index in [1.165, 1.54) is 0 Å². The van der Waals surface area contributed by atoms with E-state index in [2.05, 4.69) is 8.75 Å². The Morgan fingerprint density at radius 3 is 2.92 bits per heavy atom. The van der Waals surface area contributed by atoms with Crippen molar-refractivity contribution in [2.45, 2.75) is 6.42 Å². The van der Waals surface area contributed by atoms with Gasteiger partial charge in [0.05, 0.1) is 18.1 Å². The Hall–Kier alpha value is -1.49. The number of aromatic nitrogens is 2. The van der Waals surface area contributed by atoms with Crippen LogP contribution >= 0.6 is 11.7 Å². The van der Waals surface area contributed by atoms with Gasteiger partial charge in [-0.25, -0.2) is 0 Å². The molecular weight excluding hydrogens is 186 g/mol. The minimum atomic E-state index is -0.331. The molecule has 4 nitrogen and oxygen atoms in total. The highest BCUT2D eigenvalue weighted by Crippen LogP contribution is 2.13. The van der Waals surface area contributed by atoms with E-state index >= 15 is 0 Å². The summed E-state index contributed by atoms with van der Waals surface area (Å²) in [6.07, 6.45) is 0.257. The molecular formula is C8H7N3OS. The second kappa shape index (κ2) is 3.10. The summed E-state index contributed by atoms with van der Waals surface area (Å²) in [5.41, 5.74) is 7.64. The minimum absolute atomic E-state index is 0.257. The van der Waals surface area contributed by atoms with Gasteiger partial charge in [-0.1, -0.05) is 6.07 Å². The molecule has 1 aromatic carbocycles. The lowest BCUT2D eigenvalue weighted by atomic mass is 10.1. The third-order valence-corrected chi connectivity index (χ3v) is 2.25. The number of amides is 1. The van der Waals surface area contributed by atoms with Gasteiger partial charge in [0, 0.05) is 0 Å². The molecule has 0 spiro atoms. The molecule has 0 saturated carbocycles. The van der Waals surface area contributed by atoms with Crippen molar-refractivity contribution in [3.05, 3.63) is 23.8 Å². The number of fused-ring (bicyclic) bond motifs is 1. The molecule has 0 atom stereocenters. The lowest BCUT2D eigenvalue weighted by molar-refractivity contribution is -0.117. The number of carbonyl (C=O) groups is 1. The fourth-order valence-corrected chi connectivity index (χ4v) is 1.66. The van der Waals surface area contributed by atoms with Crippen molar-refractivity contribution >= 4 is 28.7 Å². The van der Waals surface area contributed by atoms with Crippen LogP contribution in [0.2, 0.25) is 0 Å². The van der Waals surface area contributed by atoms with Crippen LogP contribution in [-0.4, -0.2) is 14.7 Å². The van der Waals surface area contributed by atoms with Gasteiger partial charge < -0.3 is 5.73 Å². The number of nitrogens with two attached hydrogens (primary N) is 1. The van der Waals surface area contributed by atoms with Gasteiger partial charge in [-0.15, -0.1) is 0 Å². The van der Waals surface area contributed by atoms with Crippen molar-refractivity contribution in [2.24, 2.45) is 5.73 Å². The third kappa shape index (κ3) is 1.65. The standard InChI is InChI=1S/C8H7N3OS/c9-8(12)4-5-1-2-6-7(3-5)11-13-10-6/h1-3H,4H2,(H2,9,12). The van der Waals surface area contributed by atoms with Gasteiger partial charge in [-0.05, 0) is 17.7 Å². The van der Waals surface area contributed by atoms with Gasteiger partial charge in [0.1, 0.15) is 11.0 Å². The first kappa shape index (κ1) is 8.12. The van der Waals surface area contributed by atoms with Crippen molar-refractivity contribution in [1.29, 1.82) is 0 Å². The fourth-order valence-electron chi connectivity index (χ4n) is 1.14. The van der Waals surface area contributed by atoms with Crippen LogP contribution in [0, 0.1) is 0 Å². The zero-order valence-corrected chi connectivity index (χ0v) is 7.54. The maximum Gasteiger partial charge on any atom is 0.221 e. The fraction of sp³-hybridized carbons (Fsp3) is 0.125. The van der Waals surface area contributed by atoms with Gasteiger partial charge in [-0.2, -0.15) is 8.75 Å². The Balaban J connectivity index is 2.42. The minimum Gasteiger partial charge on any atom is -0.369 e. The van der Waals surface area contributed by atoms with Gasteiger partial charge in [0.25, 0.3) is 0 Å². The summed E-state index contributed by atoms with van der Waals surface area (Å²) in [7, 11) is 0. The van der Waals surface area contributed by atoms with E-state index in [1.807, 2.05) is 18.2 Å².